The molecular weight excluding hydrogens is 408 g/mol. The lowest BCUT2D eigenvalue weighted by atomic mass is 10.1. The number of rotatable bonds is 6. The maximum Gasteiger partial charge on any atom is 0.274 e. The van der Waals surface area contributed by atoms with E-state index in [0.29, 0.717) is 35.5 Å². The second-order valence-electron chi connectivity index (χ2n) is 7.71. The Hall–Kier alpha value is -4.07. The number of fused-ring (bicyclic) bond motifs is 1. The van der Waals surface area contributed by atoms with Gasteiger partial charge in [-0.05, 0) is 60.9 Å². The Morgan fingerprint density at radius 3 is 2.81 bits per heavy atom. The van der Waals surface area contributed by atoms with E-state index in [2.05, 4.69) is 41.4 Å². The molecule has 1 N–H and O–H groups in total. The van der Waals surface area contributed by atoms with E-state index in [-0.39, 0.29) is 19.2 Å². The molecule has 3 heterocycles. The van der Waals surface area contributed by atoms with Crippen molar-refractivity contribution >= 4 is 5.91 Å². The SMILES string of the molecule is Cc1ccc(CNC(=O)Cn2cccc2-c2nc(-c3ccc4c(c3)OCO4)no2)cc1C. The second kappa shape index (κ2) is 8.22. The number of aromatic nitrogens is 3. The van der Waals surface area contributed by atoms with Gasteiger partial charge in [0, 0.05) is 18.3 Å². The summed E-state index contributed by atoms with van der Waals surface area (Å²) in [4.78, 5) is 17.0. The third-order valence-corrected chi connectivity index (χ3v) is 5.48. The largest absolute Gasteiger partial charge is 0.454 e. The highest BCUT2D eigenvalue weighted by Gasteiger charge is 2.18. The maximum atomic E-state index is 12.5. The molecule has 8 nitrogen and oxygen atoms in total. The molecular formula is C24H22N4O4. The molecule has 32 heavy (non-hydrogen) atoms. The summed E-state index contributed by atoms with van der Waals surface area (Å²) in [5, 5.41) is 7.05. The predicted molar refractivity (Wildman–Crippen MR) is 117 cm³/mol. The number of aryl methyl sites for hydroxylation is 2. The molecule has 0 atom stereocenters. The predicted octanol–water partition coefficient (Wildman–Crippen LogP) is 3.87. The summed E-state index contributed by atoms with van der Waals surface area (Å²) < 4.78 is 18.0. The van der Waals surface area contributed by atoms with Crippen molar-refractivity contribution in [3.05, 3.63) is 71.4 Å². The van der Waals surface area contributed by atoms with Crippen molar-refractivity contribution in [3.8, 4) is 34.5 Å². The van der Waals surface area contributed by atoms with Crippen LogP contribution in [0, 0.1) is 13.8 Å². The average molecular weight is 430 g/mol. The summed E-state index contributed by atoms with van der Waals surface area (Å²) in [6.45, 7) is 4.96. The van der Waals surface area contributed by atoms with Gasteiger partial charge in [0.1, 0.15) is 12.2 Å². The van der Waals surface area contributed by atoms with Gasteiger partial charge < -0.3 is 23.9 Å². The van der Waals surface area contributed by atoms with Gasteiger partial charge in [0.25, 0.3) is 5.89 Å². The van der Waals surface area contributed by atoms with Gasteiger partial charge in [-0.1, -0.05) is 23.4 Å². The molecule has 0 fully saturated rings. The molecule has 1 amide bonds. The van der Waals surface area contributed by atoms with Crippen molar-refractivity contribution in [1.82, 2.24) is 20.0 Å². The quantitative estimate of drug-likeness (QED) is 0.499. The van der Waals surface area contributed by atoms with Crippen molar-refractivity contribution in [2.45, 2.75) is 26.9 Å². The molecule has 2 aromatic carbocycles. The average Bonchev–Trinajstić information content (AvgIpc) is 3.54. The smallest absolute Gasteiger partial charge is 0.274 e. The van der Waals surface area contributed by atoms with E-state index < -0.39 is 0 Å². The number of nitrogens with one attached hydrogen (secondary N) is 1. The molecule has 8 heteroatoms. The Balaban J connectivity index is 1.27. The Labute approximate surface area is 184 Å². The van der Waals surface area contributed by atoms with Gasteiger partial charge in [0.15, 0.2) is 11.5 Å². The number of carbonyl (C=O) groups excluding carboxylic acids is 1. The molecule has 0 aliphatic carbocycles. The topological polar surface area (TPSA) is 91.4 Å². The lowest BCUT2D eigenvalue weighted by Gasteiger charge is -2.09. The van der Waals surface area contributed by atoms with Crippen LogP contribution in [-0.2, 0) is 17.9 Å². The van der Waals surface area contributed by atoms with Crippen molar-refractivity contribution in [2.24, 2.45) is 0 Å². The highest BCUT2D eigenvalue weighted by Crippen LogP contribution is 2.35. The Morgan fingerprint density at radius 1 is 1.06 bits per heavy atom. The van der Waals surface area contributed by atoms with E-state index in [1.807, 2.05) is 42.6 Å². The zero-order valence-corrected chi connectivity index (χ0v) is 17.8. The molecule has 0 saturated heterocycles. The zero-order chi connectivity index (χ0) is 22.1. The van der Waals surface area contributed by atoms with Crippen LogP contribution in [0.3, 0.4) is 0 Å². The summed E-state index contributed by atoms with van der Waals surface area (Å²) in [7, 11) is 0. The lowest BCUT2D eigenvalue weighted by Crippen LogP contribution is -2.27. The molecule has 0 spiro atoms. The Kier molecular flexibility index (Phi) is 5.10. The first-order valence-electron chi connectivity index (χ1n) is 10.3. The molecule has 0 unspecified atom stereocenters. The van der Waals surface area contributed by atoms with Crippen LogP contribution in [-0.4, -0.2) is 27.4 Å². The third kappa shape index (κ3) is 3.94. The molecule has 0 saturated carbocycles. The first-order valence-corrected chi connectivity index (χ1v) is 10.3. The number of hydrogen-bond acceptors (Lipinski definition) is 6. The highest BCUT2D eigenvalue weighted by atomic mass is 16.7. The van der Waals surface area contributed by atoms with Gasteiger partial charge >= 0.3 is 0 Å². The van der Waals surface area contributed by atoms with Crippen LogP contribution >= 0.6 is 0 Å². The normalized spacial score (nSPS) is 12.2. The van der Waals surface area contributed by atoms with Crippen LogP contribution < -0.4 is 14.8 Å². The minimum atomic E-state index is -0.101. The molecule has 4 aromatic rings. The number of nitrogens with zero attached hydrogens (tertiary/aromatic N) is 3. The van der Waals surface area contributed by atoms with Gasteiger partial charge in [-0.25, -0.2) is 0 Å². The fraction of sp³-hybridized carbons (Fsp3) is 0.208. The summed E-state index contributed by atoms with van der Waals surface area (Å²) in [5.74, 6) is 2.02. The number of benzene rings is 2. The standard InChI is InChI=1S/C24H22N4O4/c1-15-5-6-17(10-16(15)2)12-25-22(29)13-28-9-3-4-19(28)24-26-23(27-32-24)18-7-8-20-21(11-18)31-14-30-20/h3-11H,12-14H2,1-2H3,(H,25,29). The molecule has 0 radical (unpaired) electrons. The van der Waals surface area contributed by atoms with Gasteiger partial charge in [-0.3, -0.25) is 4.79 Å². The van der Waals surface area contributed by atoms with E-state index in [0.717, 1.165) is 11.1 Å². The zero-order valence-electron chi connectivity index (χ0n) is 17.8. The maximum absolute atomic E-state index is 12.5. The minimum Gasteiger partial charge on any atom is -0.454 e. The number of carbonyl (C=O) groups is 1. The number of ether oxygens (including phenoxy) is 2. The van der Waals surface area contributed by atoms with Crippen LogP contribution in [0.1, 0.15) is 16.7 Å². The van der Waals surface area contributed by atoms with Crippen molar-refractivity contribution in [3.63, 3.8) is 0 Å². The Morgan fingerprint density at radius 2 is 1.94 bits per heavy atom. The van der Waals surface area contributed by atoms with E-state index in [4.69, 9.17) is 14.0 Å². The fourth-order valence-corrected chi connectivity index (χ4v) is 3.55. The number of hydrogen-bond donors (Lipinski definition) is 1. The van der Waals surface area contributed by atoms with Gasteiger partial charge in [0.05, 0.1) is 0 Å². The van der Waals surface area contributed by atoms with Gasteiger partial charge in [0.2, 0.25) is 18.5 Å². The van der Waals surface area contributed by atoms with Crippen molar-refractivity contribution in [2.75, 3.05) is 6.79 Å². The third-order valence-electron chi connectivity index (χ3n) is 5.48. The van der Waals surface area contributed by atoms with E-state index in [1.165, 1.54) is 11.1 Å². The highest BCUT2D eigenvalue weighted by molar-refractivity contribution is 5.76. The van der Waals surface area contributed by atoms with Crippen molar-refractivity contribution in [1.29, 1.82) is 0 Å². The number of amides is 1. The van der Waals surface area contributed by atoms with Gasteiger partial charge in [-0.15, -0.1) is 0 Å². The van der Waals surface area contributed by atoms with E-state index in [9.17, 15) is 4.79 Å². The van der Waals surface area contributed by atoms with Crippen LogP contribution in [0.2, 0.25) is 0 Å². The van der Waals surface area contributed by atoms with Crippen LogP contribution in [0.5, 0.6) is 11.5 Å². The molecule has 2 aromatic heterocycles. The van der Waals surface area contributed by atoms with Crippen LogP contribution in [0.15, 0.2) is 59.3 Å². The molecule has 1 aliphatic heterocycles. The summed E-state index contributed by atoms with van der Waals surface area (Å²) in [6, 6.07) is 15.3. The minimum absolute atomic E-state index is 0.101. The first kappa shape index (κ1) is 19.9. The first-order chi connectivity index (χ1) is 15.6. The fourth-order valence-electron chi connectivity index (χ4n) is 3.55. The van der Waals surface area contributed by atoms with Crippen LogP contribution in [0.4, 0.5) is 0 Å². The second-order valence-corrected chi connectivity index (χ2v) is 7.71. The summed E-state index contributed by atoms with van der Waals surface area (Å²) >= 11 is 0. The van der Waals surface area contributed by atoms with Crippen molar-refractivity contribution < 1.29 is 18.8 Å². The van der Waals surface area contributed by atoms with Crippen LogP contribution in [0.25, 0.3) is 23.0 Å². The summed E-state index contributed by atoms with van der Waals surface area (Å²) in [6.07, 6.45) is 1.81. The molecule has 1 aliphatic rings. The molecule has 0 bridgehead atoms. The molecule has 5 rings (SSSR count). The molecule has 162 valence electrons. The monoisotopic (exact) mass is 430 g/mol. The summed E-state index contributed by atoms with van der Waals surface area (Å²) in [5.41, 5.74) is 4.94. The Bertz CT molecular complexity index is 1290. The van der Waals surface area contributed by atoms with E-state index >= 15 is 0 Å². The van der Waals surface area contributed by atoms with E-state index in [1.54, 1.807) is 4.57 Å². The lowest BCUT2D eigenvalue weighted by molar-refractivity contribution is -0.121. The van der Waals surface area contributed by atoms with Gasteiger partial charge in [-0.2, -0.15) is 4.98 Å².